The van der Waals surface area contributed by atoms with Gasteiger partial charge in [0.25, 0.3) is 0 Å². The second kappa shape index (κ2) is 11.7. The van der Waals surface area contributed by atoms with Gasteiger partial charge in [0.1, 0.15) is 6.61 Å². The van der Waals surface area contributed by atoms with Crippen molar-refractivity contribution in [1.82, 2.24) is 0 Å². The van der Waals surface area contributed by atoms with Crippen molar-refractivity contribution in [3.8, 4) is 0 Å². The summed E-state index contributed by atoms with van der Waals surface area (Å²) in [7, 11) is 0. The number of rotatable bonds is 11. The van der Waals surface area contributed by atoms with E-state index in [0.29, 0.717) is 6.61 Å². The third-order valence-electron chi connectivity index (χ3n) is 3.17. The molecular weight excluding hydrogens is 314 g/mol. The number of nitrogens with zero attached hydrogens (tertiary/aromatic N) is 1. The molecule has 0 N–H and O–H groups in total. The van der Waals surface area contributed by atoms with E-state index in [-0.39, 0.29) is 0 Å². The number of allylic oxidation sites excluding steroid dienone is 1. The van der Waals surface area contributed by atoms with Crippen LogP contribution in [-0.4, -0.2) is 11.5 Å². The van der Waals surface area contributed by atoms with Crippen LogP contribution in [0.3, 0.4) is 0 Å². The molecule has 1 rings (SSSR count). The molecule has 0 radical (unpaired) electrons. The van der Waals surface area contributed by atoms with Crippen LogP contribution in [0.25, 0.3) is 0 Å². The minimum atomic E-state index is 0.542. The maximum Gasteiger partial charge on any atom is 0.142 e. The zero-order valence-corrected chi connectivity index (χ0v) is 13.6. The van der Waals surface area contributed by atoms with Gasteiger partial charge in [0.15, 0.2) is 0 Å². The Bertz CT molecular complexity index is 378. The van der Waals surface area contributed by atoms with Crippen molar-refractivity contribution in [3.63, 3.8) is 0 Å². The van der Waals surface area contributed by atoms with Crippen molar-refractivity contribution < 1.29 is 4.84 Å². The van der Waals surface area contributed by atoms with Crippen molar-refractivity contribution in [2.45, 2.75) is 38.7 Å². The Morgan fingerprint density at radius 2 is 2.00 bits per heavy atom. The topological polar surface area (TPSA) is 21.6 Å². The van der Waals surface area contributed by atoms with Crippen LogP contribution < -0.4 is 0 Å². The SMILES string of the molecule is C=CCCC(CBr)CCC/C=N/OCc1ccccc1. The number of hydrogen-bond donors (Lipinski definition) is 0. The molecule has 0 aromatic heterocycles. The van der Waals surface area contributed by atoms with Crippen LogP contribution in [0.1, 0.15) is 37.7 Å². The van der Waals surface area contributed by atoms with E-state index in [0.717, 1.165) is 36.1 Å². The average Bonchev–Trinajstić information content (AvgIpc) is 2.50. The zero-order chi connectivity index (χ0) is 14.5. The van der Waals surface area contributed by atoms with Crippen LogP contribution in [0.2, 0.25) is 0 Å². The van der Waals surface area contributed by atoms with Gasteiger partial charge < -0.3 is 4.84 Å². The van der Waals surface area contributed by atoms with Crippen molar-refractivity contribution in [1.29, 1.82) is 0 Å². The zero-order valence-electron chi connectivity index (χ0n) is 12.0. The first kappa shape index (κ1) is 17.0. The second-order valence-corrected chi connectivity index (χ2v) is 5.51. The first-order chi connectivity index (χ1) is 9.86. The summed E-state index contributed by atoms with van der Waals surface area (Å²) in [6, 6.07) is 10.1. The Balaban J connectivity index is 2.05. The molecule has 110 valence electrons. The molecule has 0 spiro atoms. The number of benzene rings is 1. The fourth-order valence-electron chi connectivity index (χ4n) is 1.94. The van der Waals surface area contributed by atoms with Crippen LogP contribution in [0.5, 0.6) is 0 Å². The number of oxime groups is 1. The third-order valence-corrected chi connectivity index (χ3v) is 4.08. The minimum absolute atomic E-state index is 0.542. The number of hydrogen-bond acceptors (Lipinski definition) is 2. The Morgan fingerprint density at radius 1 is 1.20 bits per heavy atom. The molecule has 1 aromatic rings. The minimum Gasteiger partial charge on any atom is -0.391 e. The van der Waals surface area contributed by atoms with Crippen LogP contribution >= 0.6 is 15.9 Å². The van der Waals surface area contributed by atoms with E-state index in [1.54, 1.807) is 0 Å². The molecule has 0 saturated carbocycles. The van der Waals surface area contributed by atoms with E-state index < -0.39 is 0 Å². The van der Waals surface area contributed by atoms with Gasteiger partial charge in [-0.15, -0.1) is 6.58 Å². The van der Waals surface area contributed by atoms with Crippen molar-refractivity contribution in [2.75, 3.05) is 5.33 Å². The Hall–Kier alpha value is -1.09. The third kappa shape index (κ3) is 8.16. The van der Waals surface area contributed by atoms with E-state index >= 15 is 0 Å². The maximum absolute atomic E-state index is 5.26. The van der Waals surface area contributed by atoms with Gasteiger partial charge in [0, 0.05) is 11.5 Å². The lowest BCUT2D eigenvalue weighted by molar-refractivity contribution is 0.131. The van der Waals surface area contributed by atoms with E-state index in [4.69, 9.17) is 4.84 Å². The quantitative estimate of drug-likeness (QED) is 0.176. The van der Waals surface area contributed by atoms with E-state index in [2.05, 4.69) is 27.7 Å². The molecule has 0 fully saturated rings. The lowest BCUT2D eigenvalue weighted by atomic mass is 9.99. The largest absolute Gasteiger partial charge is 0.391 e. The summed E-state index contributed by atoms with van der Waals surface area (Å²) < 4.78 is 0. The van der Waals surface area contributed by atoms with Crippen molar-refractivity contribution in [2.24, 2.45) is 11.1 Å². The summed E-state index contributed by atoms with van der Waals surface area (Å²) >= 11 is 3.57. The second-order valence-electron chi connectivity index (χ2n) is 4.86. The van der Waals surface area contributed by atoms with Crippen molar-refractivity contribution >= 4 is 22.1 Å². The average molecular weight is 338 g/mol. The summed E-state index contributed by atoms with van der Waals surface area (Å²) in [5.41, 5.74) is 1.15. The summed E-state index contributed by atoms with van der Waals surface area (Å²) in [6.07, 6.45) is 9.55. The molecule has 0 aliphatic heterocycles. The molecule has 0 heterocycles. The predicted octanol–water partition coefficient (Wildman–Crippen LogP) is 5.34. The van der Waals surface area contributed by atoms with Gasteiger partial charge in [-0.2, -0.15) is 0 Å². The molecule has 20 heavy (non-hydrogen) atoms. The first-order valence-electron chi connectivity index (χ1n) is 7.21. The summed E-state index contributed by atoms with van der Waals surface area (Å²) in [4.78, 5) is 5.26. The molecule has 1 atom stereocenters. The molecule has 1 aromatic carbocycles. The van der Waals surface area contributed by atoms with E-state index in [9.17, 15) is 0 Å². The summed E-state index contributed by atoms with van der Waals surface area (Å²) in [5.74, 6) is 0.742. The van der Waals surface area contributed by atoms with Gasteiger partial charge >= 0.3 is 0 Å². The molecule has 1 unspecified atom stereocenters. The number of halogens is 1. The highest BCUT2D eigenvalue weighted by atomic mass is 79.9. The van der Waals surface area contributed by atoms with Crippen LogP contribution in [0.4, 0.5) is 0 Å². The summed E-state index contributed by atoms with van der Waals surface area (Å²) in [5, 5.41) is 5.07. The highest BCUT2D eigenvalue weighted by Crippen LogP contribution is 2.17. The molecule has 0 bridgehead atoms. The Morgan fingerprint density at radius 3 is 2.70 bits per heavy atom. The van der Waals surface area contributed by atoms with Crippen LogP contribution in [0, 0.1) is 5.92 Å². The first-order valence-corrected chi connectivity index (χ1v) is 8.33. The van der Waals surface area contributed by atoms with Gasteiger partial charge in [-0.05, 0) is 43.6 Å². The lowest BCUT2D eigenvalue weighted by Gasteiger charge is -2.11. The van der Waals surface area contributed by atoms with Gasteiger partial charge in [0.2, 0.25) is 0 Å². The highest BCUT2D eigenvalue weighted by molar-refractivity contribution is 9.09. The van der Waals surface area contributed by atoms with E-state index in [1.165, 1.54) is 12.8 Å². The Kier molecular flexibility index (Phi) is 9.93. The van der Waals surface area contributed by atoms with Gasteiger partial charge in [-0.3, -0.25) is 0 Å². The molecular formula is C17H24BrNO. The molecule has 0 saturated heterocycles. The van der Waals surface area contributed by atoms with Crippen LogP contribution in [0.15, 0.2) is 48.1 Å². The maximum atomic E-state index is 5.26. The lowest BCUT2D eigenvalue weighted by Crippen LogP contribution is -2.01. The molecule has 2 nitrogen and oxygen atoms in total. The monoisotopic (exact) mass is 337 g/mol. The normalized spacial score (nSPS) is 12.4. The summed E-state index contributed by atoms with van der Waals surface area (Å²) in [6.45, 7) is 4.31. The molecule has 0 amide bonds. The van der Waals surface area contributed by atoms with Gasteiger partial charge in [-0.1, -0.05) is 57.5 Å². The van der Waals surface area contributed by atoms with Crippen molar-refractivity contribution in [3.05, 3.63) is 48.6 Å². The van der Waals surface area contributed by atoms with E-state index in [1.807, 2.05) is 42.6 Å². The fraction of sp³-hybridized carbons (Fsp3) is 0.471. The standard InChI is InChI=1S/C17H24BrNO/c1-2-3-9-16(14-18)10-7-8-13-19-20-15-17-11-5-4-6-12-17/h2,4-6,11-13,16H,1,3,7-10,14-15H2/b19-13+. The molecule has 3 heteroatoms. The smallest absolute Gasteiger partial charge is 0.142 e. The predicted molar refractivity (Wildman–Crippen MR) is 90.3 cm³/mol. The molecule has 0 aliphatic rings. The fourth-order valence-corrected chi connectivity index (χ4v) is 2.59. The van der Waals surface area contributed by atoms with Gasteiger partial charge in [0.05, 0.1) is 0 Å². The highest BCUT2D eigenvalue weighted by Gasteiger charge is 2.04. The molecule has 0 aliphatic carbocycles. The van der Waals surface area contributed by atoms with Gasteiger partial charge in [-0.25, -0.2) is 0 Å². The number of unbranched alkanes of at least 4 members (excludes halogenated alkanes) is 1. The van der Waals surface area contributed by atoms with Crippen LogP contribution in [-0.2, 0) is 11.4 Å². The Labute approximate surface area is 131 Å². The number of alkyl halides is 1.